The molecule has 8 heteroatoms. The first-order valence-electron chi connectivity index (χ1n) is 9.38. The molecule has 2 heterocycles. The molecule has 2 aromatic heterocycles. The van der Waals surface area contributed by atoms with E-state index in [2.05, 4.69) is 25.6 Å². The second kappa shape index (κ2) is 11.5. The van der Waals surface area contributed by atoms with Gasteiger partial charge < -0.3 is 10.6 Å². The van der Waals surface area contributed by atoms with E-state index in [1.54, 1.807) is 18.3 Å². The largest absolute Gasteiger partial charge is 0.357 e. The van der Waals surface area contributed by atoms with Crippen LogP contribution in [0.2, 0.25) is 0 Å². The van der Waals surface area contributed by atoms with Crippen molar-refractivity contribution >= 4 is 29.9 Å². The Morgan fingerprint density at radius 3 is 2.62 bits per heavy atom. The fraction of sp³-hybridized carbons (Fsp3) is 0.286. The fourth-order valence-electron chi connectivity index (χ4n) is 2.80. The number of hydrogen-bond acceptors (Lipinski definition) is 3. The third-order valence-corrected chi connectivity index (χ3v) is 4.29. The van der Waals surface area contributed by atoms with E-state index in [1.165, 1.54) is 6.07 Å². The van der Waals surface area contributed by atoms with Crippen molar-refractivity contribution < 1.29 is 4.39 Å². The summed E-state index contributed by atoms with van der Waals surface area (Å²) in [4.78, 5) is 13.3. The highest BCUT2D eigenvalue weighted by atomic mass is 127. The molecule has 2 N–H and O–H groups in total. The van der Waals surface area contributed by atoms with Crippen LogP contribution in [0.1, 0.15) is 23.9 Å². The zero-order valence-corrected chi connectivity index (χ0v) is 18.9. The summed E-state index contributed by atoms with van der Waals surface area (Å²) < 4.78 is 15.6. The molecule has 0 bridgehead atoms. The number of pyridine rings is 1. The molecule has 0 unspecified atom stereocenters. The Hall–Kier alpha value is -2.49. The van der Waals surface area contributed by atoms with Crippen LogP contribution in [0.3, 0.4) is 0 Å². The highest BCUT2D eigenvalue weighted by Crippen LogP contribution is 2.09. The minimum Gasteiger partial charge on any atom is -0.357 e. The van der Waals surface area contributed by atoms with Gasteiger partial charge in [-0.2, -0.15) is 0 Å². The normalized spacial score (nSPS) is 11.1. The fourth-order valence-corrected chi connectivity index (χ4v) is 2.80. The van der Waals surface area contributed by atoms with Gasteiger partial charge in [0, 0.05) is 31.7 Å². The van der Waals surface area contributed by atoms with E-state index >= 15 is 0 Å². The molecule has 0 saturated carbocycles. The van der Waals surface area contributed by atoms with E-state index in [1.807, 2.05) is 49.0 Å². The van der Waals surface area contributed by atoms with Crippen molar-refractivity contribution in [1.29, 1.82) is 0 Å². The Balaban J connectivity index is 0.00000300. The van der Waals surface area contributed by atoms with Crippen molar-refractivity contribution in [2.75, 3.05) is 13.1 Å². The van der Waals surface area contributed by atoms with E-state index in [0.29, 0.717) is 31.0 Å². The third-order valence-electron chi connectivity index (χ3n) is 4.29. The summed E-state index contributed by atoms with van der Waals surface area (Å²) >= 11 is 0. The van der Waals surface area contributed by atoms with Crippen molar-refractivity contribution in [1.82, 2.24) is 25.2 Å². The number of guanidine groups is 1. The average molecular weight is 508 g/mol. The number of aliphatic imine (C=N–C) groups is 1. The van der Waals surface area contributed by atoms with E-state index in [0.717, 1.165) is 23.8 Å². The van der Waals surface area contributed by atoms with Crippen LogP contribution in [0, 0.1) is 12.7 Å². The summed E-state index contributed by atoms with van der Waals surface area (Å²) in [5, 5.41) is 6.45. The third kappa shape index (κ3) is 6.52. The van der Waals surface area contributed by atoms with Gasteiger partial charge in [-0.25, -0.2) is 19.4 Å². The minimum absolute atomic E-state index is 0. The second-order valence-electron chi connectivity index (χ2n) is 6.33. The lowest BCUT2D eigenvalue weighted by atomic mass is 10.1. The zero-order valence-electron chi connectivity index (χ0n) is 16.6. The lowest BCUT2D eigenvalue weighted by Crippen LogP contribution is -2.38. The number of hydrogen-bond donors (Lipinski definition) is 2. The SMILES string of the molecule is CCNC(=NCc1ccc(-n2ccnc2C)nc1)NCCc1ccccc1F.I. The summed E-state index contributed by atoms with van der Waals surface area (Å²) in [7, 11) is 0. The molecule has 0 saturated heterocycles. The van der Waals surface area contributed by atoms with Gasteiger partial charge in [0.1, 0.15) is 17.5 Å². The van der Waals surface area contributed by atoms with Gasteiger partial charge in [0.25, 0.3) is 0 Å². The maximum Gasteiger partial charge on any atom is 0.191 e. The van der Waals surface area contributed by atoms with Crippen LogP contribution in [0.15, 0.2) is 60.0 Å². The minimum atomic E-state index is -0.175. The highest BCUT2D eigenvalue weighted by Gasteiger charge is 2.04. The Labute approximate surface area is 187 Å². The molecule has 0 fully saturated rings. The highest BCUT2D eigenvalue weighted by molar-refractivity contribution is 14.0. The van der Waals surface area contributed by atoms with Gasteiger partial charge in [0.2, 0.25) is 0 Å². The predicted octanol–water partition coefficient (Wildman–Crippen LogP) is 3.63. The van der Waals surface area contributed by atoms with Crippen molar-refractivity contribution in [2.24, 2.45) is 4.99 Å². The number of nitrogens with one attached hydrogen (secondary N) is 2. The molecule has 0 aliphatic carbocycles. The van der Waals surface area contributed by atoms with Gasteiger partial charge in [0.15, 0.2) is 5.96 Å². The Morgan fingerprint density at radius 2 is 1.97 bits per heavy atom. The Bertz CT molecular complexity index is 923. The molecule has 1 aromatic carbocycles. The van der Waals surface area contributed by atoms with Crippen molar-refractivity contribution in [2.45, 2.75) is 26.8 Å². The number of halogens is 2. The van der Waals surface area contributed by atoms with Crippen LogP contribution < -0.4 is 10.6 Å². The van der Waals surface area contributed by atoms with Crippen LogP contribution in [0.5, 0.6) is 0 Å². The number of benzene rings is 1. The smallest absolute Gasteiger partial charge is 0.191 e. The van der Waals surface area contributed by atoms with Crippen LogP contribution in [0.25, 0.3) is 5.82 Å². The first-order chi connectivity index (χ1) is 13.7. The Kier molecular flexibility index (Phi) is 9.04. The summed E-state index contributed by atoms with van der Waals surface area (Å²) in [6.45, 7) is 5.81. The first-order valence-corrected chi connectivity index (χ1v) is 9.38. The maximum atomic E-state index is 13.7. The summed E-state index contributed by atoms with van der Waals surface area (Å²) in [5.41, 5.74) is 1.70. The summed E-state index contributed by atoms with van der Waals surface area (Å²) in [6, 6.07) is 10.8. The Morgan fingerprint density at radius 1 is 1.14 bits per heavy atom. The number of nitrogens with zero attached hydrogens (tertiary/aromatic N) is 4. The van der Waals surface area contributed by atoms with E-state index in [4.69, 9.17) is 0 Å². The molecular weight excluding hydrogens is 482 g/mol. The van der Waals surface area contributed by atoms with E-state index < -0.39 is 0 Å². The molecule has 154 valence electrons. The zero-order chi connectivity index (χ0) is 19.8. The monoisotopic (exact) mass is 508 g/mol. The summed E-state index contributed by atoms with van der Waals surface area (Å²) in [6.07, 6.45) is 6.06. The van der Waals surface area contributed by atoms with Gasteiger partial charge in [-0.05, 0) is 43.5 Å². The molecule has 0 amide bonds. The van der Waals surface area contributed by atoms with Crippen LogP contribution in [-0.2, 0) is 13.0 Å². The number of rotatable bonds is 7. The molecule has 6 nitrogen and oxygen atoms in total. The van der Waals surface area contributed by atoms with E-state index in [-0.39, 0.29) is 29.8 Å². The maximum absolute atomic E-state index is 13.7. The summed E-state index contributed by atoms with van der Waals surface area (Å²) in [5.74, 6) is 2.25. The number of aromatic nitrogens is 3. The number of imidazole rings is 1. The average Bonchev–Trinajstić information content (AvgIpc) is 3.14. The lowest BCUT2D eigenvalue weighted by molar-refractivity contribution is 0.606. The molecule has 3 rings (SSSR count). The molecule has 0 aliphatic heterocycles. The lowest BCUT2D eigenvalue weighted by Gasteiger charge is -2.12. The van der Waals surface area contributed by atoms with Crippen molar-refractivity contribution in [3.63, 3.8) is 0 Å². The van der Waals surface area contributed by atoms with Gasteiger partial charge in [-0.3, -0.25) is 4.57 Å². The quantitative estimate of drug-likeness (QED) is 0.291. The molecule has 29 heavy (non-hydrogen) atoms. The topological polar surface area (TPSA) is 67.1 Å². The van der Waals surface area contributed by atoms with Gasteiger partial charge >= 0.3 is 0 Å². The molecule has 0 spiro atoms. The van der Waals surface area contributed by atoms with Crippen molar-refractivity contribution in [3.8, 4) is 5.82 Å². The van der Waals surface area contributed by atoms with Gasteiger partial charge in [-0.15, -0.1) is 24.0 Å². The number of aryl methyl sites for hydroxylation is 1. The molecule has 0 aliphatic rings. The molecule has 0 radical (unpaired) electrons. The molecule has 3 aromatic rings. The predicted molar refractivity (Wildman–Crippen MR) is 124 cm³/mol. The van der Waals surface area contributed by atoms with Crippen LogP contribution in [0.4, 0.5) is 4.39 Å². The molecular formula is C21H26FIN6. The van der Waals surface area contributed by atoms with Crippen LogP contribution in [-0.4, -0.2) is 33.6 Å². The van der Waals surface area contributed by atoms with Gasteiger partial charge in [0.05, 0.1) is 6.54 Å². The molecule has 0 atom stereocenters. The van der Waals surface area contributed by atoms with E-state index in [9.17, 15) is 4.39 Å². The van der Waals surface area contributed by atoms with Crippen LogP contribution >= 0.6 is 24.0 Å². The standard InChI is InChI=1S/C21H25FN6.HI/c1-3-23-21(25-11-10-18-6-4-5-7-19(18)22)27-15-17-8-9-20(26-14-17)28-13-12-24-16(28)2;/h4-9,12-14H,3,10-11,15H2,1-2H3,(H2,23,25,27);1H. The van der Waals surface area contributed by atoms with Crippen molar-refractivity contribution in [3.05, 3.63) is 77.8 Å². The first kappa shape index (κ1) is 22.8. The second-order valence-corrected chi connectivity index (χ2v) is 6.33. The van der Waals surface area contributed by atoms with Gasteiger partial charge in [-0.1, -0.05) is 24.3 Å².